The third-order valence-electron chi connectivity index (χ3n) is 5.23. The highest BCUT2D eigenvalue weighted by molar-refractivity contribution is 7.88. The molecule has 0 saturated carbocycles. The van der Waals surface area contributed by atoms with Gasteiger partial charge in [-0.3, -0.25) is 9.58 Å². The third-order valence-corrected chi connectivity index (χ3v) is 5.89. The third kappa shape index (κ3) is 5.51. The molecule has 142 valence electrons. The van der Waals surface area contributed by atoms with Crippen molar-refractivity contribution in [2.75, 3.05) is 39.0 Å². The molecule has 1 aromatic rings. The maximum Gasteiger partial charge on any atom is 0.209 e. The van der Waals surface area contributed by atoms with Gasteiger partial charge in [-0.25, -0.2) is 13.1 Å². The minimum Gasteiger partial charge on any atom is -0.303 e. The topological polar surface area (TPSA) is 70.5 Å². The van der Waals surface area contributed by atoms with Crippen LogP contribution in [0.15, 0.2) is 6.07 Å². The lowest BCUT2D eigenvalue weighted by molar-refractivity contribution is 0.134. The Morgan fingerprint density at radius 1 is 1.24 bits per heavy atom. The van der Waals surface area contributed by atoms with Crippen LogP contribution in [0.3, 0.4) is 0 Å². The Labute approximate surface area is 151 Å². The number of likely N-dealkylation sites (tertiary alicyclic amines) is 1. The van der Waals surface area contributed by atoms with E-state index in [9.17, 15) is 8.42 Å². The molecule has 25 heavy (non-hydrogen) atoms. The fraction of sp³-hybridized carbons (Fsp3) is 0.824. The Kier molecular flexibility index (Phi) is 6.14. The molecule has 0 bridgehead atoms. The van der Waals surface area contributed by atoms with E-state index in [1.54, 1.807) is 0 Å². The van der Waals surface area contributed by atoms with Crippen LogP contribution in [0.1, 0.15) is 37.6 Å². The molecule has 2 aliphatic rings. The lowest BCUT2D eigenvalue weighted by Crippen LogP contribution is -2.40. The number of piperidine rings is 1. The van der Waals surface area contributed by atoms with Crippen molar-refractivity contribution in [1.29, 1.82) is 0 Å². The minimum absolute atomic E-state index is 0.271. The van der Waals surface area contributed by atoms with Crippen LogP contribution >= 0.6 is 0 Å². The Hall–Kier alpha value is -0.960. The zero-order chi connectivity index (χ0) is 17.9. The molecular formula is C17H31N5O2S. The molecule has 1 aromatic heterocycles. The van der Waals surface area contributed by atoms with Crippen LogP contribution in [0.4, 0.5) is 0 Å². The largest absolute Gasteiger partial charge is 0.303 e. The van der Waals surface area contributed by atoms with Gasteiger partial charge in [0.1, 0.15) is 0 Å². The molecule has 3 heterocycles. The molecule has 1 fully saturated rings. The summed E-state index contributed by atoms with van der Waals surface area (Å²) in [4.78, 5) is 5.11. The SMILES string of the molecule is CCN1CCC[C@@H](CN2CCCn3nc(CNS(C)(=O)=O)cc3C2)C1. The van der Waals surface area contributed by atoms with Crippen molar-refractivity contribution in [3.05, 3.63) is 17.5 Å². The van der Waals surface area contributed by atoms with Crippen LogP contribution in [0.5, 0.6) is 0 Å². The molecule has 2 aliphatic heterocycles. The number of aryl methyl sites for hydroxylation is 1. The second-order valence-electron chi connectivity index (χ2n) is 7.43. The minimum atomic E-state index is -3.18. The molecule has 0 unspecified atom stereocenters. The molecule has 0 spiro atoms. The van der Waals surface area contributed by atoms with Gasteiger partial charge in [0.2, 0.25) is 10.0 Å². The van der Waals surface area contributed by atoms with Crippen molar-refractivity contribution in [1.82, 2.24) is 24.3 Å². The first-order chi connectivity index (χ1) is 11.9. The van der Waals surface area contributed by atoms with E-state index in [0.717, 1.165) is 50.8 Å². The second kappa shape index (κ2) is 8.16. The van der Waals surface area contributed by atoms with Gasteiger partial charge < -0.3 is 4.90 Å². The van der Waals surface area contributed by atoms with Gasteiger partial charge in [0, 0.05) is 32.7 Å². The summed E-state index contributed by atoms with van der Waals surface area (Å²) in [7, 11) is -3.18. The first kappa shape index (κ1) is 18.8. The monoisotopic (exact) mass is 369 g/mol. The number of fused-ring (bicyclic) bond motifs is 1. The molecule has 1 atom stereocenters. The Balaban J connectivity index is 1.59. The molecule has 0 radical (unpaired) electrons. The van der Waals surface area contributed by atoms with Gasteiger partial charge in [-0.15, -0.1) is 0 Å². The maximum absolute atomic E-state index is 11.3. The first-order valence-electron chi connectivity index (χ1n) is 9.38. The average Bonchev–Trinajstić information content (AvgIpc) is 2.85. The Morgan fingerprint density at radius 2 is 2.04 bits per heavy atom. The normalized spacial score (nSPS) is 23.4. The number of nitrogens with zero attached hydrogens (tertiary/aromatic N) is 4. The predicted molar refractivity (Wildman–Crippen MR) is 98.6 cm³/mol. The van der Waals surface area contributed by atoms with Crippen molar-refractivity contribution >= 4 is 10.0 Å². The lowest BCUT2D eigenvalue weighted by Gasteiger charge is -2.34. The molecular weight excluding hydrogens is 338 g/mol. The zero-order valence-corrected chi connectivity index (χ0v) is 16.3. The van der Waals surface area contributed by atoms with Gasteiger partial charge in [-0.2, -0.15) is 5.10 Å². The van der Waals surface area contributed by atoms with E-state index in [1.807, 2.05) is 0 Å². The summed E-state index contributed by atoms with van der Waals surface area (Å²) in [6.45, 7) is 10.2. The van der Waals surface area contributed by atoms with Crippen molar-refractivity contribution in [2.45, 2.75) is 45.8 Å². The van der Waals surface area contributed by atoms with Gasteiger partial charge in [-0.05, 0) is 44.3 Å². The van der Waals surface area contributed by atoms with E-state index in [2.05, 4.69) is 37.3 Å². The van der Waals surface area contributed by atoms with Crippen LogP contribution in [0.25, 0.3) is 0 Å². The number of hydrogen-bond acceptors (Lipinski definition) is 5. The molecule has 0 aliphatic carbocycles. The predicted octanol–water partition coefficient (Wildman–Crippen LogP) is 0.870. The fourth-order valence-corrected chi connectivity index (χ4v) is 4.40. The molecule has 1 saturated heterocycles. The first-order valence-corrected chi connectivity index (χ1v) is 11.3. The fourth-order valence-electron chi connectivity index (χ4n) is 3.99. The van der Waals surface area contributed by atoms with Gasteiger partial charge in [0.15, 0.2) is 0 Å². The molecule has 0 aromatic carbocycles. The summed E-state index contributed by atoms with van der Waals surface area (Å²) in [6.07, 6.45) is 4.92. The zero-order valence-electron chi connectivity index (χ0n) is 15.4. The van der Waals surface area contributed by atoms with Crippen LogP contribution in [0.2, 0.25) is 0 Å². The lowest BCUT2D eigenvalue weighted by atomic mass is 9.97. The van der Waals surface area contributed by atoms with Gasteiger partial charge in [0.05, 0.1) is 24.2 Å². The summed E-state index contributed by atoms with van der Waals surface area (Å²) in [5.41, 5.74) is 2.00. The molecule has 7 nitrogen and oxygen atoms in total. The van der Waals surface area contributed by atoms with E-state index in [4.69, 9.17) is 0 Å². The van der Waals surface area contributed by atoms with Gasteiger partial charge >= 0.3 is 0 Å². The van der Waals surface area contributed by atoms with E-state index in [0.29, 0.717) is 0 Å². The Bertz CT molecular complexity index is 673. The summed E-state index contributed by atoms with van der Waals surface area (Å²) in [6, 6.07) is 2.05. The van der Waals surface area contributed by atoms with E-state index in [1.165, 1.54) is 37.9 Å². The van der Waals surface area contributed by atoms with Gasteiger partial charge in [-0.1, -0.05) is 6.92 Å². The van der Waals surface area contributed by atoms with Crippen LogP contribution in [-0.4, -0.2) is 67.0 Å². The highest BCUT2D eigenvalue weighted by Gasteiger charge is 2.23. The van der Waals surface area contributed by atoms with Crippen molar-refractivity contribution < 1.29 is 8.42 Å². The molecule has 8 heteroatoms. The van der Waals surface area contributed by atoms with Gasteiger partial charge in [0.25, 0.3) is 0 Å². The molecule has 0 amide bonds. The molecule has 3 rings (SSSR count). The van der Waals surface area contributed by atoms with Crippen molar-refractivity contribution in [3.63, 3.8) is 0 Å². The summed E-state index contributed by atoms with van der Waals surface area (Å²) >= 11 is 0. The second-order valence-corrected chi connectivity index (χ2v) is 9.27. The summed E-state index contributed by atoms with van der Waals surface area (Å²) < 4.78 is 27.1. The van der Waals surface area contributed by atoms with Crippen LogP contribution in [-0.2, 0) is 29.7 Å². The van der Waals surface area contributed by atoms with Crippen molar-refractivity contribution in [2.24, 2.45) is 5.92 Å². The van der Waals surface area contributed by atoms with Crippen LogP contribution in [0, 0.1) is 5.92 Å². The summed E-state index contributed by atoms with van der Waals surface area (Å²) in [5.74, 6) is 0.759. The van der Waals surface area contributed by atoms with E-state index >= 15 is 0 Å². The summed E-state index contributed by atoms with van der Waals surface area (Å²) in [5, 5.41) is 4.58. The van der Waals surface area contributed by atoms with E-state index < -0.39 is 10.0 Å². The van der Waals surface area contributed by atoms with Crippen molar-refractivity contribution in [3.8, 4) is 0 Å². The molecule has 1 N–H and O–H groups in total. The highest BCUT2D eigenvalue weighted by Crippen LogP contribution is 2.20. The van der Waals surface area contributed by atoms with Crippen LogP contribution < -0.4 is 4.72 Å². The number of aromatic nitrogens is 2. The Morgan fingerprint density at radius 3 is 2.80 bits per heavy atom. The number of sulfonamides is 1. The van der Waals surface area contributed by atoms with E-state index in [-0.39, 0.29) is 6.54 Å². The number of nitrogens with one attached hydrogen (secondary N) is 1. The standard InChI is InChI=1S/C17H31N5O2S/c1-3-20-7-4-6-15(12-20)13-21-8-5-9-22-17(14-21)10-16(19-22)11-18-25(2,23)24/h10,15,18H,3-9,11-14H2,1-2H3/t15-/m1/s1. The smallest absolute Gasteiger partial charge is 0.209 e. The number of rotatable bonds is 6. The quantitative estimate of drug-likeness (QED) is 0.806. The highest BCUT2D eigenvalue weighted by atomic mass is 32.2. The average molecular weight is 370 g/mol. The maximum atomic E-state index is 11.3. The number of hydrogen-bond donors (Lipinski definition) is 1.